The predicted octanol–water partition coefficient (Wildman–Crippen LogP) is 2.38. The first-order chi connectivity index (χ1) is 9.65. The van der Waals surface area contributed by atoms with Gasteiger partial charge in [-0.1, -0.05) is 12.1 Å². The average molecular weight is 276 g/mol. The summed E-state index contributed by atoms with van der Waals surface area (Å²) < 4.78 is 18.8. The summed E-state index contributed by atoms with van der Waals surface area (Å²) in [5.41, 5.74) is 1.09. The van der Waals surface area contributed by atoms with Gasteiger partial charge in [-0.25, -0.2) is 9.37 Å². The number of hydrogen-bond acceptors (Lipinski definition) is 4. The number of pyridine rings is 1. The highest BCUT2D eigenvalue weighted by Gasteiger charge is 2.08. The molecular formula is C15H17FN2O2. The summed E-state index contributed by atoms with van der Waals surface area (Å²) in [5, 5.41) is 12.5. The van der Waals surface area contributed by atoms with Crippen molar-refractivity contribution in [3.05, 3.63) is 54.0 Å². The number of aromatic nitrogens is 1. The molecule has 0 amide bonds. The fourth-order valence-corrected chi connectivity index (χ4v) is 1.69. The van der Waals surface area contributed by atoms with Crippen molar-refractivity contribution < 1.29 is 14.2 Å². The van der Waals surface area contributed by atoms with Crippen molar-refractivity contribution in [1.82, 2.24) is 4.98 Å². The van der Waals surface area contributed by atoms with E-state index in [0.717, 1.165) is 5.56 Å². The van der Waals surface area contributed by atoms with Crippen molar-refractivity contribution in [1.29, 1.82) is 0 Å². The van der Waals surface area contributed by atoms with Gasteiger partial charge in [-0.15, -0.1) is 0 Å². The smallest absolute Gasteiger partial charge is 0.165 e. The molecule has 0 unspecified atom stereocenters. The lowest BCUT2D eigenvalue weighted by molar-refractivity contribution is 0.117. The fraction of sp³-hybridized carbons (Fsp3) is 0.267. The standard InChI is InChI=1S/C15H17FN2O2/c1-11-4-2-5-13(8-11)20-10-12(19)9-18-15-14(16)6-3-7-17-15/h2-8,12,19H,9-10H2,1H3,(H,17,18)/t12-/m0/s1. The Bertz CT molecular complexity index is 563. The van der Waals surface area contributed by atoms with Crippen LogP contribution in [0.4, 0.5) is 10.2 Å². The van der Waals surface area contributed by atoms with Gasteiger partial charge < -0.3 is 15.2 Å². The minimum Gasteiger partial charge on any atom is -0.491 e. The number of aliphatic hydroxyl groups excluding tert-OH is 1. The van der Waals surface area contributed by atoms with E-state index >= 15 is 0 Å². The Morgan fingerprint density at radius 2 is 2.20 bits per heavy atom. The first-order valence-corrected chi connectivity index (χ1v) is 6.37. The number of aryl methyl sites for hydroxylation is 1. The van der Waals surface area contributed by atoms with E-state index in [0.29, 0.717) is 5.75 Å². The maximum absolute atomic E-state index is 13.3. The summed E-state index contributed by atoms with van der Waals surface area (Å²) in [6.45, 7) is 2.26. The monoisotopic (exact) mass is 276 g/mol. The van der Waals surface area contributed by atoms with Gasteiger partial charge in [0.05, 0.1) is 0 Å². The topological polar surface area (TPSA) is 54.4 Å². The van der Waals surface area contributed by atoms with E-state index in [2.05, 4.69) is 10.3 Å². The molecule has 0 bridgehead atoms. The van der Waals surface area contributed by atoms with Crippen LogP contribution < -0.4 is 10.1 Å². The lowest BCUT2D eigenvalue weighted by Crippen LogP contribution is -2.26. The molecule has 0 saturated carbocycles. The molecule has 0 aliphatic heterocycles. The molecule has 1 aromatic heterocycles. The molecule has 2 aromatic rings. The number of ether oxygens (including phenoxy) is 1. The van der Waals surface area contributed by atoms with E-state index in [1.165, 1.54) is 18.3 Å². The van der Waals surface area contributed by atoms with Gasteiger partial charge in [-0.05, 0) is 36.8 Å². The highest BCUT2D eigenvalue weighted by atomic mass is 19.1. The van der Waals surface area contributed by atoms with Crippen molar-refractivity contribution in [3.63, 3.8) is 0 Å². The van der Waals surface area contributed by atoms with Gasteiger partial charge in [0, 0.05) is 12.7 Å². The maximum atomic E-state index is 13.3. The predicted molar refractivity (Wildman–Crippen MR) is 75.4 cm³/mol. The largest absolute Gasteiger partial charge is 0.491 e. The number of hydrogen-bond donors (Lipinski definition) is 2. The summed E-state index contributed by atoms with van der Waals surface area (Å²) in [7, 11) is 0. The van der Waals surface area contributed by atoms with Crippen LogP contribution in [0.25, 0.3) is 0 Å². The number of halogens is 1. The first kappa shape index (κ1) is 14.3. The number of nitrogens with zero attached hydrogens (tertiary/aromatic N) is 1. The molecule has 0 radical (unpaired) electrons. The van der Waals surface area contributed by atoms with Crippen LogP contribution in [0, 0.1) is 12.7 Å². The number of rotatable bonds is 6. The molecule has 1 atom stereocenters. The molecule has 0 fully saturated rings. The second kappa shape index (κ2) is 6.86. The molecule has 1 aromatic carbocycles. The van der Waals surface area contributed by atoms with Gasteiger partial charge in [0.2, 0.25) is 0 Å². The van der Waals surface area contributed by atoms with E-state index in [4.69, 9.17) is 4.74 Å². The zero-order valence-corrected chi connectivity index (χ0v) is 11.2. The highest BCUT2D eigenvalue weighted by Crippen LogP contribution is 2.13. The van der Waals surface area contributed by atoms with E-state index in [1.54, 1.807) is 0 Å². The van der Waals surface area contributed by atoms with E-state index in [1.807, 2.05) is 31.2 Å². The van der Waals surface area contributed by atoms with Crippen LogP contribution in [-0.4, -0.2) is 29.3 Å². The molecule has 2 N–H and O–H groups in total. The molecule has 0 spiro atoms. The van der Waals surface area contributed by atoms with Crippen LogP contribution in [-0.2, 0) is 0 Å². The van der Waals surface area contributed by atoms with Gasteiger partial charge in [0.1, 0.15) is 18.5 Å². The SMILES string of the molecule is Cc1cccc(OC[C@@H](O)CNc2ncccc2F)c1. The Morgan fingerprint density at radius 3 is 2.95 bits per heavy atom. The number of aliphatic hydroxyl groups is 1. The zero-order valence-electron chi connectivity index (χ0n) is 11.2. The molecule has 0 aliphatic carbocycles. The third kappa shape index (κ3) is 4.20. The molecule has 4 nitrogen and oxygen atoms in total. The van der Waals surface area contributed by atoms with Crippen LogP contribution in [0.3, 0.4) is 0 Å². The highest BCUT2D eigenvalue weighted by molar-refractivity contribution is 5.35. The van der Waals surface area contributed by atoms with Crippen LogP contribution in [0.15, 0.2) is 42.6 Å². The van der Waals surface area contributed by atoms with Gasteiger partial charge in [-0.2, -0.15) is 0 Å². The zero-order chi connectivity index (χ0) is 14.4. The number of benzene rings is 1. The van der Waals surface area contributed by atoms with E-state index in [9.17, 15) is 9.50 Å². The summed E-state index contributed by atoms with van der Waals surface area (Å²) in [6, 6.07) is 10.4. The Hall–Kier alpha value is -2.14. The molecule has 1 heterocycles. The number of nitrogens with one attached hydrogen (secondary N) is 1. The van der Waals surface area contributed by atoms with Crippen LogP contribution in [0.1, 0.15) is 5.56 Å². The Morgan fingerprint density at radius 1 is 1.35 bits per heavy atom. The summed E-state index contributed by atoms with van der Waals surface area (Å²) in [6.07, 6.45) is 0.734. The lowest BCUT2D eigenvalue weighted by atomic mass is 10.2. The lowest BCUT2D eigenvalue weighted by Gasteiger charge is -2.14. The molecule has 2 rings (SSSR count). The minimum atomic E-state index is -0.753. The third-order valence-corrected chi connectivity index (χ3v) is 2.70. The number of anilines is 1. The van der Waals surface area contributed by atoms with Crippen LogP contribution >= 0.6 is 0 Å². The fourth-order valence-electron chi connectivity index (χ4n) is 1.69. The minimum absolute atomic E-state index is 0.127. The Balaban J connectivity index is 1.78. The second-order valence-corrected chi connectivity index (χ2v) is 4.50. The van der Waals surface area contributed by atoms with Crippen molar-refractivity contribution in [2.45, 2.75) is 13.0 Å². The van der Waals surface area contributed by atoms with Crippen LogP contribution in [0.5, 0.6) is 5.75 Å². The Kier molecular flexibility index (Phi) is 4.90. The van der Waals surface area contributed by atoms with E-state index in [-0.39, 0.29) is 19.0 Å². The summed E-state index contributed by atoms with van der Waals surface area (Å²) >= 11 is 0. The van der Waals surface area contributed by atoms with Crippen molar-refractivity contribution in [2.75, 3.05) is 18.5 Å². The quantitative estimate of drug-likeness (QED) is 0.850. The van der Waals surface area contributed by atoms with Gasteiger partial charge in [0.15, 0.2) is 11.6 Å². The Labute approximate surface area is 117 Å². The molecular weight excluding hydrogens is 259 g/mol. The molecule has 20 heavy (non-hydrogen) atoms. The summed E-state index contributed by atoms with van der Waals surface area (Å²) in [4.78, 5) is 3.84. The van der Waals surface area contributed by atoms with Crippen LogP contribution in [0.2, 0.25) is 0 Å². The molecule has 106 valence electrons. The average Bonchev–Trinajstić information content (AvgIpc) is 2.44. The van der Waals surface area contributed by atoms with Gasteiger partial charge in [-0.3, -0.25) is 0 Å². The van der Waals surface area contributed by atoms with Crippen molar-refractivity contribution in [3.8, 4) is 5.75 Å². The maximum Gasteiger partial charge on any atom is 0.165 e. The van der Waals surface area contributed by atoms with Gasteiger partial charge >= 0.3 is 0 Å². The molecule has 0 saturated heterocycles. The van der Waals surface area contributed by atoms with Crippen molar-refractivity contribution >= 4 is 5.82 Å². The normalized spacial score (nSPS) is 11.9. The van der Waals surface area contributed by atoms with Gasteiger partial charge in [0.25, 0.3) is 0 Å². The summed E-state index contributed by atoms with van der Waals surface area (Å²) in [5.74, 6) is 0.384. The van der Waals surface area contributed by atoms with E-state index < -0.39 is 11.9 Å². The second-order valence-electron chi connectivity index (χ2n) is 4.50. The molecule has 5 heteroatoms. The molecule has 0 aliphatic rings. The van der Waals surface area contributed by atoms with Crippen molar-refractivity contribution in [2.24, 2.45) is 0 Å². The third-order valence-electron chi connectivity index (χ3n) is 2.70. The first-order valence-electron chi connectivity index (χ1n) is 6.37.